The second-order valence-electron chi connectivity index (χ2n) is 5.74. The zero-order chi connectivity index (χ0) is 13.4. The zero-order valence-corrected chi connectivity index (χ0v) is 12.4. The molecule has 18 heavy (non-hydrogen) atoms. The minimum Gasteiger partial charge on any atom is -0.340 e. The first-order chi connectivity index (χ1) is 8.69. The molecule has 1 aliphatic heterocycles. The molecule has 1 amide bonds. The van der Waals surface area contributed by atoms with Crippen molar-refractivity contribution >= 4 is 5.91 Å². The number of piperazine rings is 1. The molecule has 2 fully saturated rings. The Balaban J connectivity index is 0.000000492. The van der Waals surface area contributed by atoms with Gasteiger partial charge in [0.2, 0.25) is 5.91 Å². The number of carbonyl (C=O) groups is 1. The van der Waals surface area contributed by atoms with Crippen LogP contribution in [0.5, 0.6) is 0 Å². The molecule has 2 rings (SSSR count). The smallest absolute Gasteiger partial charge is 0.225 e. The van der Waals surface area contributed by atoms with Crippen LogP contribution in [0.25, 0.3) is 0 Å². The van der Waals surface area contributed by atoms with E-state index in [9.17, 15) is 4.79 Å². The first kappa shape index (κ1) is 15.5. The van der Waals surface area contributed by atoms with Gasteiger partial charge in [-0.15, -0.1) is 0 Å². The van der Waals surface area contributed by atoms with Gasteiger partial charge < -0.3 is 10.2 Å². The summed E-state index contributed by atoms with van der Waals surface area (Å²) in [6, 6.07) is 0. The van der Waals surface area contributed by atoms with Crippen molar-refractivity contribution in [3.63, 3.8) is 0 Å². The van der Waals surface area contributed by atoms with Crippen LogP contribution in [0.2, 0.25) is 0 Å². The normalized spacial score (nSPS) is 28.3. The number of rotatable bonds is 1. The third-order valence-corrected chi connectivity index (χ3v) is 3.79. The van der Waals surface area contributed by atoms with Gasteiger partial charge in [0.15, 0.2) is 0 Å². The van der Waals surface area contributed by atoms with E-state index in [-0.39, 0.29) is 0 Å². The molecule has 1 aliphatic carbocycles. The van der Waals surface area contributed by atoms with Gasteiger partial charge in [0.25, 0.3) is 0 Å². The standard InChI is InChI=1S/C12H22N2O.C3H8/c1-10-2-4-11(5-3-10)12(15)14-8-6-13-7-9-14;1-3-2/h10-11,13H,2-9H2,1H3;3H2,1-2H3. The summed E-state index contributed by atoms with van der Waals surface area (Å²) in [7, 11) is 0. The van der Waals surface area contributed by atoms with Crippen molar-refractivity contribution in [2.45, 2.75) is 52.9 Å². The lowest BCUT2D eigenvalue weighted by Crippen LogP contribution is -2.48. The minimum absolute atomic E-state index is 0.333. The number of nitrogens with one attached hydrogen (secondary N) is 1. The summed E-state index contributed by atoms with van der Waals surface area (Å²) in [6.07, 6.45) is 5.96. The van der Waals surface area contributed by atoms with Gasteiger partial charge in [0.05, 0.1) is 0 Å². The zero-order valence-electron chi connectivity index (χ0n) is 12.4. The predicted molar refractivity (Wildman–Crippen MR) is 76.5 cm³/mol. The van der Waals surface area contributed by atoms with Crippen molar-refractivity contribution in [2.75, 3.05) is 26.2 Å². The van der Waals surface area contributed by atoms with Crippen LogP contribution in [0, 0.1) is 11.8 Å². The van der Waals surface area contributed by atoms with Crippen molar-refractivity contribution in [2.24, 2.45) is 11.8 Å². The molecule has 2 aliphatic rings. The van der Waals surface area contributed by atoms with E-state index in [0.717, 1.165) is 44.9 Å². The summed E-state index contributed by atoms with van der Waals surface area (Å²) in [6.45, 7) is 10.3. The first-order valence-electron chi connectivity index (χ1n) is 7.68. The second kappa shape index (κ2) is 8.52. The van der Waals surface area contributed by atoms with E-state index in [1.807, 2.05) is 0 Å². The Hall–Kier alpha value is -0.570. The third-order valence-electron chi connectivity index (χ3n) is 3.79. The van der Waals surface area contributed by atoms with Gasteiger partial charge >= 0.3 is 0 Å². The largest absolute Gasteiger partial charge is 0.340 e. The van der Waals surface area contributed by atoms with Crippen LogP contribution in [0.3, 0.4) is 0 Å². The summed E-state index contributed by atoms with van der Waals surface area (Å²) in [5.74, 6) is 1.58. The number of amides is 1. The third kappa shape index (κ3) is 4.97. The highest BCUT2D eigenvalue weighted by molar-refractivity contribution is 5.79. The lowest BCUT2D eigenvalue weighted by atomic mass is 9.82. The van der Waals surface area contributed by atoms with Gasteiger partial charge in [-0.1, -0.05) is 27.2 Å². The summed E-state index contributed by atoms with van der Waals surface area (Å²) < 4.78 is 0. The molecular formula is C15H30N2O. The highest BCUT2D eigenvalue weighted by Crippen LogP contribution is 2.29. The number of hydrogen-bond acceptors (Lipinski definition) is 2. The first-order valence-corrected chi connectivity index (χ1v) is 7.68. The van der Waals surface area contributed by atoms with Crippen LogP contribution < -0.4 is 5.32 Å². The second-order valence-corrected chi connectivity index (χ2v) is 5.74. The Bertz CT molecular complexity index is 229. The summed E-state index contributed by atoms with van der Waals surface area (Å²) in [5.41, 5.74) is 0. The van der Waals surface area contributed by atoms with Crippen LogP contribution in [0.1, 0.15) is 52.9 Å². The topological polar surface area (TPSA) is 32.3 Å². The van der Waals surface area contributed by atoms with E-state index >= 15 is 0 Å². The maximum absolute atomic E-state index is 12.2. The maximum Gasteiger partial charge on any atom is 0.225 e. The molecular weight excluding hydrogens is 224 g/mol. The average Bonchev–Trinajstić information content (AvgIpc) is 2.41. The van der Waals surface area contributed by atoms with E-state index in [1.165, 1.54) is 19.3 Å². The number of carbonyl (C=O) groups excluding carboxylic acids is 1. The Kier molecular flexibility index (Phi) is 7.33. The SMILES string of the molecule is CC1CCC(C(=O)N2CCNCC2)CC1.CCC. The van der Waals surface area contributed by atoms with Crippen LogP contribution >= 0.6 is 0 Å². The highest BCUT2D eigenvalue weighted by Gasteiger charge is 2.28. The Morgan fingerprint density at radius 1 is 1.11 bits per heavy atom. The number of nitrogens with zero attached hydrogens (tertiary/aromatic N) is 1. The van der Waals surface area contributed by atoms with Gasteiger partial charge in [-0.25, -0.2) is 0 Å². The van der Waals surface area contributed by atoms with Gasteiger partial charge in [-0.05, 0) is 31.6 Å². The molecule has 0 bridgehead atoms. The van der Waals surface area contributed by atoms with Crippen molar-refractivity contribution in [3.05, 3.63) is 0 Å². The molecule has 3 heteroatoms. The molecule has 106 valence electrons. The summed E-state index contributed by atoms with van der Waals surface area (Å²) in [4.78, 5) is 14.2. The Morgan fingerprint density at radius 2 is 1.61 bits per heavy atom. The van der Waals surface area contributed by atoms with E-state index in [4.69, 9.17) is 0 Å². The predicted octanol–water partition coefficient (Wildman–Crippen LogP) is 2.66. The van der Waals surface area contributed by atoms with Crippen molar-refractivity contribution in [3.8, 4) is 0 Å². The fraction of sp³-hybridized carbons (Fsp3) is 0.933. The summed E-state index contributed by atoms with van der Waals surface area (Å²) >= 11 is 0. The minimum atomic E-state index is 0.333. The molecule has 1 heterocycles. The number of hydrogen-bond donors (Lipinski definition) is 1. The quantitative estimate of drug-likeness (QED) is 0.780. The molecule has 0 atom stereocenters. The van der Waals surface area contributed by atoms with Gasteiger partial charge in [-0.2, -0.15) is 0 Å². The molecule has 0 aromatic carbocycles. The van der Waals surface area contributed by atoms with Crippen molar-refractivity contribution in [1.29, 1.82) is 0 Å². The lowest BCUT2D eigenvalue weighted by Gasteiger charge is -2.33. The van der Waals surface area contributed by atoms with E-state index < -0.39 is 0 Å². The molecule has 1 saturated heterocycles. The fourth-order valence-corrected chi connectivity index (χ4v) is 2.65. The van der Waals surface area contributed by atoms with E-state index in [2.05, 4.69) is 31.0 Å². The van der Waals surface area contributed by atoms with Crippen LogP contribution in [0.4, 0.5) is 0 Å². The van der Waals surface area contributed by atoms with Gasteiger partial charge in [0, 0.05) is 32.1 Å². The highest BCUT2D eigenvalue weighted by atomic mass is 16.2. The molecule has 0 spiro atoms. The Labute approximate surface area is 112 Å². The monoisotopic (exact) mass is 254 g/mol. The molecule has 0 radical (unpaired) electrons. The molecule has 0 unspecified atom stereocenters. The van der Waals surface area contributed by atoms with Gasteiger partial charge in [0.1, 0.15) is 0 Å². The van der Waals surface area contributed by atoms with E-state index in [1.54, 1.807) is 0 Å². The maximum atomic E-state index is 12.2. The average molecular weight is 254 g/mol. The Morgan fingerprint density at radius 3 is 2.11 bits per heavy atom. The molecule has 3 nitrogen and oxygen atoms in total. The van der Waals surface area contributed by atoms with Crippen molar-refractivity contribution < 1.29 is 4.79 Å². The van der Waals surface area contributed by atoms with E-state index in [0.29, 0.717) is 11.8 Å². The molecule has 1 saturated carbocycles. The van der Waals surface area contributed by atoms with Crippen LogP contribution in [0.15, 0.2) is 0 Å². The van der Waals surface area contributed by atoms with Gasteiger partial charge in [-0.3, -0.25) is 4.79 Å². The molecule has 0 aromatic heterocycles. The van der Waals surface area contributed by atoms with Crippen LogP contribution in [-0.2, 0) is 4.79 Å². The van der Waals surface area contributed by atoms with Crippen molar-refractivity contribution in [1.82, 2.24) is 10.2 Å². The fourth-order valence-electron chi connectivity index (χ4n) is 2.65. The molecule has 1 N–H and O–H groups in total. The molecule has 0 aromatic rings. The summed E-state index contributed by atoms with van der Waals surface area (Å²) in [5, 5.41) is 3.29. The van der Waals surface area contributed by atoms with Crippen LogP contribution in [-0.4, -0.2) is 37.0 Å². The lowest BCUT2D eigenvalue weighted by molar-refractivity contribution is -0.137.